The zero-order valence-corrected chi connectivity index (χ0v) is 12.6. The maximum Gasteiger partial charge on any atom is 0.219 e. The van der Waals surface area contributed by atoms with Crippen LogP contribution in [0.5, 0.6) is 11.6 Å². The number of aromatic nitrogens is 1. The van der Waals surface area contributed by atoms with E-state index in [0.717, 1.165) is 17.7 Å². The maximum absolute atomic E-state index is 13.4. The van der Waals surface area contributed by atoms with Gasteiger partial charge in [-0.3, -0.25) is 0 Å². The first-order valence-electron chi connectivity index (χ1n) is 5.81. The number of benzene rings is 1. The van der Waals surface area contributed by atoms with Crippen LogP contribution in [0, 0.1) is 5.82 Å². The second-order valence-corrected chi connectivity index (χ2v) is 5.09. The molecular formula is C14H12BrClFNO. The lowest BCUT2D eigenvalue weighted by atomic mass is 10.2. The van der Waals surface area contributed by atoms with E-state index in [2.05, 4.69) is 20.9 Å². The number of hydrogen-bond donors (Lipinski definition) is 0. The Labute approximate surface area is 124 Å². The van der Waals surface area contributed by atoms with Gasteiger partial charge in [0.05, 0.1) is 4.47 Å². The van der Waals surface area contributed by atoms with Crippen LogP contribution in [-0.4, -0.2) is 4.98 Å². The van der Waals surface area contributed by atoms with Gasteiger partial charge in [0.1, 0.15) is 11.6 Å². The van der Waals surface area contributed by atoms with Gasteiger partial charge in [-0.15, -0.1) is 11.6 Å². The van der Waals surface area contributed by atoms with Crippen LogP contribution in [0.2, 0.25) is 0 Å². The van der Waals surface area contributed by atoms with Crippen molar-refractivity contribution >= 4 is 27.5 Å². The average molecular weight is 345 g/mol. The number of nitrogens with zero attached hydrogens (tertiary/aromatic N) is 1. The number of alkyl halides is 1. The minimum Gasteiger partial charge on any atom is -0.439 e. The van der Waals surface area contributed by atoms with E-state index < -0.39 is 0 Å². The Morgan fingerprint density at radius 1 is 1.32 bits per heavy atom. The third-order valence-electron chi connectivity index (χ3n) is 2.54. The molecular weight excluding hydrogens is 333 g/mol. The molecule has 0 bridgehead atoms. The summed E-state index contributed by atoms with van der Waals surface area (Å²) in [4.78, 5) is 4.33. The van der Waals surface area contributed by atoms with Gasteiger partial charge < -0.3 is 4.74 Å². The SMILES string of the molecule is CCc1cc(CCl)cc(Oc2ccc(Br)c(F)c2)n1. The first-order chi connectivity index (χ1) is 9.12. The molecule has 0 radical (unpaired) electrons. The highest BCUT2D eigenvalue weighted by Crippen LogP contribution is 2.26. The molecule has 2 nitrogen and oxygen atoms in total. The summed E-state index contributed by atoms with van der Waals surface area (Å²) in [5.41, 5.74) is 1.83. The Hall–Kier alpha value is -1.13. The van der Waals surface area contributed by atoms with E-state index in [1.54, 1.807) is 18.2 Å². The Kier molecular flexibility index (Phi) is 4.77. The van der Waals surface area contributed by atoms with Crippen molar-refractivity contribution in [2.75, 3.05) is 0 Å². The summed E-state index contributed by atoms with van der Waals surface area (Å²) in [6.07, 6.45) is 0.787. The standard InChI is InChI=1S/C14H12BrClFNO/c1-2-10-5-9(8-16)6-14(18-10)19-11-3-4-12(15)13(17)7-11/h3-7H,2,8H2,1H3. The summed E-state index contributed by atoms with van der Waals surface area (Å²) < 4.78 is 19.4. The van der Waals surface area contributed by atoms with E-state index in [1.165, 1.54) is 6.07 Å². The fraction of sp³-hybridized carbons (Fsp3) is 0.214. The third kappa shape index (κ3) is 3.67. The van der Waals surface area contributed by atoms with Gasteiger partial charge in [-0.2, -0.15) is 0 Å². The molecule has 1 heterocycles. The van der Waals surface area contributed by atoms with Crippen LogP contribution in [-0.2, 0) is 12.3 Å². The molecule has 0 N–H and O–H groups in total. The zero-order chi connectivity index (χ0) is 13.8. The van der Waals surface area contributed by atoms with Crippen LogP contribution in [0.3, 0.4) is 0 Å². The van der Waals surface area contributed by atoms with E-state index in [-0.39, 0.29) is 5.82 Å². The Morgan fingerprint density at radius 3 is 2.74 bits per heavy atom. The number of rotatable bonds is 4. The molecule has 2 aromatic rings. The molecule has 0 amide bonds. The van der Waals surface area contributed by atoms with Gasteiger partial charge in [-0.05, 0) is 46.1 Å². The lowest BCUT2D eigenvalue weighted by Crippen LogP contribution is -1.95. The number of hydrogen-bond acceptors (Lipinski definition) is 2. The molecule has 0 fully saturated rings. The van der Waals surface area contributed by atoms with Crippen LogP contribution >= 0.6 is 27.5 Å². The Morgan fingerprint density at radius 2 is 2.11 bits per heavy atom. The quantitative estimate of drug-likeness (QED) is 0.722. The molecule has 5 heteroatoms. The number of halogens is 3. The summed E-state index contributed by atoms with van der Waals surface area (Å²) in [6.45, 7) is 2.00. The van der Waals surface area contributed by atoms with Crippen LogP contribution in [0.4, 0.5) is 4.39 Å². The van der Waals surface area contributed by atoms with Gasteiger partial charge in [0, 0.05) is 23.7 Å². The molecule has 0 aliphatic carbocycles. The van der Waals surface area contributed by atoms with Gasteiger partial charge in [-0.25, -0.2) is 9.37 Å². The summed E-state index contributed by atoms with van der Waals surface area (Å²) >= 11 is 8.92. The minimum absolute atomic E-state index is 0.373. The molecule has 0 unspecified atom stereocenters. The van der Waals surface area contributed by atoms with Crippen LogP contribution in [0.1, 0.15) is 18.2 Å². The molecule has 0 aliphatic heterocycles. The second kappa shape index (κ2) is 6.35. The fourth-order valence-electron chi connectivity index (χ4n) is 1.59. The molecule has 0 saturated heterocycles. The first-order valence-corrected chi connectivity index (χ1v) is 7.14. The van der Waals surface area contributed by atoms with Crippen LogP contribution in [0.25, 0.3) is 0 Å². The molecule has 0 aliphatic rings. The van der Waals surface area contributed by atoms with Crippen molar-refractivity contribution in [2.45, 2.75) is 19.2 Å². The van der Waals surface area contributed by atoms with Crippen molar-refractivity contribution in [3.63, 3.8) is 0 Å². The first kappa shape index (κ1) is 14.3. The van der Waals surface area contributed by atoms with E-state index in [0.29, 0.717) is 22.0 Å². The van der Waals surface area contributed by atoms with E-state index in [4.69, 9.17) is 16.3 Å². The predicted octanol–water partition coefficient (Wildman–Crippen LogP) is 5.08. The van der Waals surface area contributed by atoms with Crippen molar-refractivity contribution in [1.29, 1.82) is 0 Å². The van der Waals surface area contributed by atoms with Gasteiger partial charge in [0.15, 0.2) is 0 Å². The largest absolute Gasteiger partial charge is 0.439 e. The number of ether oxygens (including phenoxy) is 1. The maximum atomic E-state index is 13.4. The van der Waals surface area contributed by atoms with Crippen molar-refractivity contribution in [3.05, 3.63) is 51.9 Å². The summed E-state index contributed by atoms with van der Waals surface area (Å²) in [7, 11) is 0. The average Bonchev–Trinajstić information content (AvgIpc) is 2.42. The van der Waals surface area contributed by atoms with E-state index in [9.17, 15) is 4.39 Å². The molecule has 0 spiro atoms. The monoisotopic (exact) mass is 343 g/mol. The summed E-state index contributed by atoms with van der Waals surface area (Å²) in [6, 6.07) is 8.27. The van der Waals surface area contributed by atoms with E-state index >= 15 is 0 Å². The smallest absolute Gasteiger partial charge is 0.219 e. The zero-order valence-electron chi connectivity index (χ0n) is 10.3. The van der Waals surface area contributed by atoms with Crippen LogP contribution < -0.4 is 4.74 Å². The van der Waals surface area contributed by atoms with Crippen molar-refractivity contribution in [1.82, 2.24) is 4.98 Å². The van der Waals surface area contributed by atoms with Gasteiger partial charge in [0.2, 0.25) is 5.88 Å². The molecule has 1 aromatic carbocycles. The lowest BCUT2D eigenvalue weighted by Gasteiger charge is -2.08. The Bertz CT molecular complexity index is 569. The highest BCUT2D eigenvalue weighted by molar-refractivity contribution is 9.10. The lowest BCUT2D eigenvalue weighted by molar-refractivity contribution is 0.455. The molecule has 0 atom stereocenters. The Balaban J connectivity index is 2.29. The summed E-state index contributed by atoms with van der Waals surface area (Å²) in [5, 5.41) is 0. The van der Waals surface area contributed by atoms with E-state index in [1.807, 2.05) is 13.0 Å². The molecule has 0 saturated carbocycles. The van der Waals surface area contributed by atoms with Crippen molar-refractivity contribution in [3.8, 4) is 11.6 Å². The fourth-order valence-corrected chi connectivity index (χ4v) is 1.99. The normalized spacial score (nSPS) is 10.5. The highest BCUT2D eigenvalue weighted by Gasteiger charge is 2.06. The second-order valence-electron chi connectivity index (χ2n) is 3.97. The molecule has 2 rings (SSSR count). The number of pyridine rings is 1. The topological polar surface area (TPSA) is 22.1 Å². The molecule has 19 heavy (non-hydrogen) atoms. The van der Waals surface area contributed by atoms with Gasteiger partial charge >= 0.3 is 0 Å². The van der Waals surface area contributed by atoms with Crippen molar-refractivity contribution in [2.24, 2.45) is 0 Å². The third-order valence-corrected chi connectivity index (χ3v) is 3.50. The molecule has 1 aromatic heterocycles. The van der Waals surface area contributed by atoms with Crippen LogP contribution in [0.15, 0.2) is 34.8 Å². The summed E-state index contributed by atoms with van der Waals surface area (Å²) in [5.74, 6) is 0.848. The van der Waals surface area contributed by atoms with Gasteiger partial charge in [-0.1, -0.05) is 6.92 Å². The van der Waals surface area contributed by atoms with Crippen molar-refractivity contribution < 1.29 is 9.13 Å². The number of aryl methyl sites for hydroxylation is 1. The highest BCUT2D eigenvalue weighted by atomic mass is 79.9. The molecule has 100 valence electrons. The van der Waals surface area contributed by atoms with Gasteiger partial charge in [0.25, 0.3) is 0 Å². The predicted molar refractivity (Wildman–Crippen MR) is 77.3 cm³/mol. The minimum atomic E-state index is -0.373.